The molecule has 6 nitrogen and oxygen atoms in total. The lowest BCUT2D eigenvalue weighted by Crippen LogP contribution is -2.39. The Morgan fingerprint density at radius 2 is 2.17 bits per heavy atom. The van der Waals surface area contributed by atoms with E-state index in [1.54, 1.807) is 26.3 Å². The van der Waals surface area contributed by atoms with Crippen LogP contribution in [0.2, 0.25) is 0 Å². The summed E-state index contributed by atoms with van der Waals surface area (Å²) in [5, 5.41) is 13.3. The van der Waals surface area contributed by atoms with Gasteiger partial charge in [-0.3, -0.25) is 4.99 Å². The zero-order chi connectivity index (χ0) is 17.4. The molecule has 2 rings (SSSR count). The summed E-state index contributed by atoms with van der Waals surface area (Å²) >= 11 is 0. The summed E-state index contributed by atoms with van der Waals surface area (Å²) in [5.41, 5.74) is 0.785. The minimum absolute atomic E-state index is 0.253. The highest BCUT2D eigenvalue weighted by Gasteiger charge is 2.15. The van der Waals surface area contributed by atoms with Gasteiger partial charge in [0.1, 0.15) is 11.5 Å². The first-order valence-electron chi connectivity index (χ1n) is 8.49. The van der Waals surface area contributed by atoms with Gasteiger partial charge in [0.25, 0.3) is 0 Å². The molecule has 0 atom stereocenters. The van der Waals surface area contributed by atoms with Crippen molar-refractivity contribution in [3.63, 3.8) is 0 Å². The average Bonchev–Trinajstić information content (AvgIpc) is 2.62. The zero-order valence-corrected chi connectivity index (χ0v) is 14.9. The minimum atomic E-state index is 0.253. The van der Waals surface area contributed by atoms with Gasteiger partial charge in [-0.2, -0.15) is 0 Å². The minimum Gasteiger partial charge on any atom is -0.508 e. The van der Waals surface area contributed by atoms with Gasteiger partial charge in [0.2, 0.25) is 0 Å². The molecule has 1 aromatic carbocycles. The predicted octanol–water partition coefficient (Wildman–Crippen LogP) is 2.22. The van der Waals surface area contributed by atoms with Gasteiger partial charge in [0.15, 0.2) is 5.96 Å². The van der Waals surface area contributed by atoms with Crippen LogP contribution in [-0.4, -0.2) is 56.9 Å². The molecule has 0 amide bonds. The molecule has 24 heavy (non-hydrogen) atoms. The molecular formula is C18H29N3O3. The summed E-state index contributed by atoms with van der Waals surface area (Å²) in [6, 6.07) is 5.22. The van der Waals surface area contributed by atoms with E-state index in [2.05, 4.69) is 15.2 Å². The van der Waals surface area contributed by atoms with Crippen molar-refractivity contribution in [3.05, 3.63) is 23.8 Å². The van der Waals surface area contributed by atoms with E-state index in [-0.39, 0.29) is 5.75 Å². The number of benzene rings is 1. The van der Waals surface area contributed by atoms with Gasteiger partial charge in [-0.15, -0.1) is 0 Å². The van der Waals surface area contributed by atoms with Gasteiger partial charge in [0.05, 0.1) is 7.11 Å². The number of methoxy groups -OCH3 is 1. The van der Waals surface area contributed by atoms with Gasteiger partial charge < -0.3 is 24.8 Å². The van der Waals surface area contributed by atoms with Crippen molar-refractivity contribution < 1.29 is 14.6 Å². The Balaban J connectivity index is 1.84. The number of aliphatic imine (C=N–C) groups is 1. The third-order valence-electron chi connectivity index (χ3n) is 4.51. The first-order chi connectivity index (χ1) is 11.6. The van der Waals surface area contributed by atoms with Crippen LogP contribution in [0.25, 0.3) is 0 Å². The highest BCUT2D eigenvalue weighted by molar-refractivity contribution is 5.79. The van der Waals surface area contributed by atoms with E-state index in [1.165, 1.54) is 0 Å². The Kier molecular flexibility index (Phi) is 7.18. The third kappa shape index (κ3) is 5.30. The fourth-order valence-corrected chi connectivity index (χ4v) is 2.91. The van der Waals surface area contributed by atoms with Crippen molar-refractivity contribution in [2.75, 3.05) is 41.0 Å². The molecule has 1 aliphatic rings. The fraction of sp³-hybridized carbons (Fsp3) is 0.611. The van der Waals surface area contributed by atoms with Gasteiger partial charge in [-0.05, 0) is 43.4 Å². The highest BCUT2D eigenvalue weighted by Crippen LogP contribution is 2.22. The number of phenols is 1. The lowest BCUT2D eigenvalue weighted by atomic mass is 9.96. The Labute approximate surface area is 144 Å². The molecule has 0 bridgehead atoms. The number of guanidine groups is 1. The molecule has 1 aromatic rings. The molecule has 0 aromatic heterocycles. The Morgan fingerprint density at radius 1 is 1.42 bits per heavy atom. The van der Waals surface area contributed by atoms with Crippen molar-refractivity contribution in [1.29, 1.82) is 0 Å². The average molecular weight is 335 g/mol. The molecule has 0 spiro atoms. The van der Waals surface area contributed by atoms with E-state index in [4.69, 9.17) is 9.47 Å². The van der Waals surface area contributed by atoms with Crippen LogP contribution in [0.5, 0.6) is 11.5 Å². The van der Waals surface area contributed by atoms with Crippen molar-refractivity contribution in [2.45, 2.75) is 25.8 Å². The van der Waals surface area contributed by atoms with Crippen LogP contribution >= 0.6 is 0 Å². The quantitative estimate of drug-likeness (QED) is 0.616. The SMILES string of the molecule is CN=C(NCc1cc(OC)ccc1O)N(C)CCC1CCOCC1. The molecule has 1 aliphatic heterocycles. The maximum atomic E-state index is 9.97. The highest BCUT2D eigenvalue weighted by atomic mass is 16.5. The number of aromatic hydroxyl groups is 1. The molecule has 1 saturated heterocycles. The van der Waals surface area contributed by atoms with Gasteiger partial charge in [-0.1, -0.05) is 0 Å². The molecule has 2 N–H and O–H groups in total. The molecular weight excluding hydrogens is 306 g/mol. The van der Waals surface area contributed by atoms with E-state index < -0.39 is 0 Å². The normalized spacial score (nSPS) is 16.0. The third-order valence-corrected chi connectivity index (χ3v) is 4.51. The molecule has 0 aliphatic carbocycles. The van der Waals surface area contributed by atoms with Crippen molar-refractivity contribution in [1.82, 2.24) is 10.2 Å². The number of nitrogens with one attached hydrogen (secondary N) is 1. The van der Waals surface area contributed by atoms with Crippen molar-refractivity contribution >= 4 is 5.96 Å². The standard InChI is InChI=1S/C18H29N3O3/c1-19-18(21(2)9-6-14-7-10-24-11-8-14)20-13-15-12-16(23-3)4-5-17(15)22/h4-5,12,14,22H,6-11,13H2,1-3H3,(H,19,20). The first kappa shape index (κ1) is 18.4. The monoisotopic (exact) mass is 335 g/mol. The summed E-state index contributed by atoms with van der Waals surface area (Å²) in [6.07, 6.45) is 3.44. The maximum Gasteiger partial charge on any atom is 0.193 e. The van der Waals surface area contributed by atoms with Gasteiger partial charge in [-0.25, -0.2) is 0 Å². The second kappa shape index (κ2) is 9.37. The van der Waals surface area contributed by atoms with Crippen LogP contribution in [0.15, 0.2) is 23.2 Å². The number of hydrogen-bond donors (Lipinski definition) is 2. The van der Waals surface area contributed by atoms with Crippen LogP contribution in [-0.2, 0) is 11.3 Å². The molecule has 0 unspecified atom stereocenters. The Bertz CT molecular complexity index is 542. The number of rotatable bonds is 6. The lowest BCUT2D eigenvalue weighted by molar-refractivity contribution is 0.0625. The summed E-state index contributed by atoms with van der Waals surface area (Å²) in [5.74, 6) is 2.54. The second-order valence-corrected chi connectivity index (χ2v) is 6.16. The van der Waals surface area contributed by atoms with Crippen LogP contribution in [0, 0.1) is 5.92 Å². The predicted molar refractivity (Wildman–Crippen MR) is 95.6 cm³/mol. The Morgan fingerprint density at radius 3 is 2.83 bits per heavy atom. The molecule has 0 saturated carbocycles. The van der Waals surface area contributed by atoms with Crippen molar-refractivity contribution in [2.24, 2.45) is 10.9 Å². The number of phenolic OH excluding ortho intramolecular Hbond substituents is 1. The molecule has 1 heterocycles. The van der Waals surface area contributed by atoms with Gasteiger partial charge in [0, 0.05) is 46.0 Å². The molecule has 1 fully saturated rings. The molecule has 0 radical (unpaired) electrons. The topological polar surface area (TPSA) is 66.3 Å². The second-order valence-electron chi connectivity index (χ2n) is 6.16. The lowest BCUT2D eigenvalue weighted by Gasteiger charge is -2.27. The van der Waals surface area contributed by atoms with Crippen LogP contribution in [0.1, 0.15) is 24.8 Å². The van der Waals surface area contributed by atoms with Crippen LogP contribution < -0.4 is 10.1 Å². The first-order valence-corrected chi connectivity index (χ1v) is 8.49. The number of nitrogens with zero attached hydrogens (tertiary/aromatic N) is 2. The summed E-state index contributed by atoms with van der Waals surface area (Å²) < 4.78 is 10.6. The van der Waals surface area contributed by atoms with Crippen LogP contribution in [0.4, 0.5) is 0 Å². The zero-order valence-electron chi connectivity index (χ0n) is 14.9. The summed E-state index contributed by atoms with van der Waals surface area (Å²) in [7, 11) is 5.44. The smallest absolute Gasteiger partial charge is 0.193 e. The van der Waals surface area contributed by atoms with E-state index in [9.17, 15) is 5.11 Å². The molecule has 134 valence electrons. The van der Waals surface area contributed by atoms with E-state index >= 15 is 0 Å². The maximum absolute atomic E-state index is 9.97. The summed E-state index contributed by atoms with van der Waals surface area (Å²) in [4.78, 5) is 6.46. The largest absolute Gasteiger partial charge is 0.508 e. The van der Waals surface area contributed by atoms with Crippen molar-refractivity contribution in [3.8, 4) is 11.5 Å². The van der Waals surface area contributed by atoms with Crippen LogP contribution in [0.3, 0.4) is 0 Å². The van der Waals surface area contributed by atoms with Gasteiger partial charge >= 0.3 is 0 Å². The van der Waals surface area contributed by atoms with E-state index in [0.29, 0.717) is 6.54 Å². The fourth-order valence-electron chi connectivity index (χ4n) is 2.91. The van der Waals surface area contributed by atoms with E-state index in [1.807, 2.05) is 13.1 Å². The number of ether oxygens (including phenoxy) is 2. The number of hydrogen-bond acceptors (Lipinski definition) is 4. The van der Waals surface area contributed by atoms with E-state index in [0.717, 1.165) is 62.2 Å². The summed E-state index contributed by atoms with van der Waals surface area (Å²) in [6.45, 7) is 3.22. The Hall–Kier alpha value is -1.95. The molecule has 6 heteroatoms.